The summed E-state index contributed by atoms with van der Waals surface area (Å²) in [5.41, 5.74) is 6.55. The van der Waals surface area contributed by atoms with Crippen molar-refractivity contribution in [1.82, 2.24) is 10.1 Å². The van der Waals surface area contributed by atoms with Crippen LogP contribution >= 0.6 is 23.2 Å². The maximum Gasteiger partial charge on any atom is 0.260 e. The highest BCUT2D eigenvalue weighted by atomic mass is 35.5. The molecule has 0 saturated carbocycles. The Bertz CT molecular complexity index is 799. The number of anilines is 1. The minimum atomic E-state index is -0.543. The monoisotopic (exact) mass is 323 g/mol. The maximum atomic E-state index is 13.5. The second-order valence-corrected chi connectivity index (χ2v) is 5.16. The molecule has 1 aromatic heterocycles. The summed E-state index contributed by atoms with van der Waals surface area (Å²) in [7, 11) is 0. The molecule has 2 N–H and O–H groups in total. The van der Waals surface area contributed by atoms with Crippen molar-refractivity contribution in [2.75, 3.05) is 5.73 Å². The highest BCUT2D eigenvalue weighted by molar-refractivity contribution is 6.35. The van der Waals surface area contributed by atoms with Crippen LogP contribution in [0.25, 0.3) is 22.8 Å². The van der Waals surface area contributed by atoms with Gasteiger partial charge >= 0.3 is 0 Å². The third-order valence-electron chi connectivity index (χ3n) is 2.83. The molecule has 0 radical (unpaired) electrons. The Kier molecular flexibility index (Phi) is 3.53. The lowest BCUT2D eigenvalue weighted by atomic mass is 10.1. The molecular formula is C14H8Cl2FN3O. The Morgan fingerprint density at radius 3 is 2.52 bits per heavy atom. The maximum absolute atomic E-state index is 13.5. The fraction of sp³-hybridized carbons (Fsp3) is 0. The quantitative estimate of drug-likeness (QED) is 0.708. The van der Waals surface area contributed by atoms with E-state index in [-0.39, 0.29) is 17.4 Å². The summed E-state index contributed by atoms with van der Waals surface area (Å²) in [6, 6.07) is 9.26. The van der Waals surface area contributed by atoms with Gasteiger partial charge in [-0.2, -0.15) is 4.98 Å². The predicted octanol–water partition coefficient (Wildman–Crippen LogP) is 4.43. The second kappa shape index (κ2) is 5.35. The van der Waals surface area contributed by atoms with Crippen molar-refractivity contribution in [2.45, 2.75) is 0 Å². The first-order valence-electron chi connectivity index (χ1n) is 5.89. The number of hydrogen-bond donors (Lipinski definition) is 1. The molecule has 3 aromatic rings. The summed E-state index contributed by atoms with van der Waals surface area (Å²) in [5, 5.41) is 4.74. The van der Waals surface area contributed by atoms with Crippen molar-refractivity contribution in [3.05, 3.63) is 52.3 Å². The molecule has 0 aliphatic carbocycles. The van der Waals surface area contributed by atoms with Gasteiger partial charge < -0.3 is 10.3 Å². The van der Waals surface area contributed by atoms with E-state index in [1.165, 1.54) is 12.1 Å². The molecule has 1 heterocycles. The van der Waals surface area contributed by atoms with Gasteiger partial charge in [0.2, 0.25) is 5.82 Å². The van der Waals surface area contributed by atoms with E-state index >= 15 is 0 Å². The Hall–Kier alpha value is -2.11. The first kappa shape index (κ1) is 13.9. The molecule has 0 aliphatic heterocycles. The van der Waals surface area contributed by atoms with E-state index in [9.17, 15) is 4.39 Å². The molecule has 0 amide bonds. The number of halogens is 3. The highest BCUT2D eigenvalue weighted by Crippen LogP contribution is 2.30. The third kappa shape index (κ3) is 2.70. The molecule has 2 aromatic carbocycles. The fourth-order valence-electron chi connectivity index (χ4n) is 1.86. The van der Waals surface area contributed by atoms with Crippen molar-refractivity contribution in [1.29, 1.82) is 0 Å². The Morgan fingerprint density at radius 2 is 1.81 bits per heavy atom. The minimum Gasteiger partial charge on any atom is -0.396 e. The summed E-state index contributed by atoms with van der Waals surface area (Å²) in [5.74, 6) is -0.130. The fourth-order valence-corrected chi connectivity index (χ4v) is 2.38. The number of aromatic nitrogens is 2. The van der Waals surface area contributed by atoms with Crippen LogP contribution in [0.15, 0.2) is 40.9 Å². The number of nitrogen functional groups attached to an aromatic ring is 1. The van der Waals surface area contributed by atoms with E-state index in [4.69, 9.17) is 33.5 Å². The van der Waals surface area contributed by atoms with Gasteiger partial charge in [-0.1, -0.05) is 34.4 Å². The lowest BCUT2D eigenvalue weighted by molar-refractivity contribution is 0.432. The molecule has 0 spiro atoms. The van der Waals surface area contributed by atoms with Crippen LogP contribution in [0.3, 0.4) is 0 Å². The van der Waals surface area contributed by atoms with Gasteiger partial charge in [0.05, 0.1) is 11.3 Å². The summed E-state index contributed by atoms with van der Waals surface area (Å²) in [4.78, 5) is 4.19. The van der Waals surface area contributed by atoms with Crippen LogP contribution in [-0.4, -0.2) is 10.1 Å². The van der Waals surface area contributed by atoms with Gasteiger partial charge in [0, 0.05) is 15.6 Å². The van der Waals surface area contributed by atoms with Crippen LogP contribution in [0.1, 0.15) is 0 Å². The molecule has 0 unspecified atom stereocenters. The second-order valence-electron chi connectivity index (χ2n) is 4.28. The van der Waals surface area contributed by atoms with E-state index in [1.54, 1.807) is 24.3 Å². The van der Waals surface area contributed by atoms with Gasteiger partial charge in [0.25, 0.3) is 5.89 Å². The zero-order valence-electron chi connectivity index (χ0n) is 10.5. The van der Waals surface area contributed by atoms with Crippen LogP contribution in [-0.2, 0) is 0 Å². The Morgan fingerprint density at radius 1 is 1.10 bits per heavy atom. The zero-order valence-corrected chi connectivity index (χ0v) is 12.0. The number of rotatable bonds is 2. The van der Waals surface area contributed by atoms with Crippen LogP contribution < -0.4 is 5.73 Å². The topological polar surface area (TPSA) is 64.9 Å². The van der Waals surface area contributed by atoms with E-state index in [0.717, 1.165) is 0 Å². The number of nitrogens with two attached hydrogens (primary N) is 1. The summed E-state index contributed by atoms with van der Waals surface area (Å²) in [6.45, 7) is 0. The summed E-state index contributed by atoms with van der Waals surface area (Å²) >= 11 is 11.9. The molecule has 21 heavy (non-hydrogen) atoms. The molecule has 3 rings (SSSR count). The van der Waals surface area contributed by atoms with Crippen molar-refractivity contribution in [2.24, 2.45) is 0 Å². The third-order valence-corrected chi connectivity index (χ3v) is 3.27. The van der Waals surface area contributed by atoms with E-state index < -0.39 is 5.82 Å². The average Bonchev–Trinajstić information content (AvgIpc) is 2.90. The molecule has 4 nitrogen and oxygen atoms in total. The van der Waals surface area contributed by atoms with Crippen molar-refractivity contribution in [3.8, 4) is 22.8 Å². The SMILES string of the molecule is Nc1c(F)cccc1-c1nc(-c2cc(Cl)cc(Cl)c2)no1. The Balaban J connectivity index is 2.06. The molecule has 0 bridgehead atoms. The largest absolute Gasteiger partial charge is 0.396 e. The minimum absolute atomic E-state index is 0.0446. The number of para-hydroxylation sites is 1. The van der Waals surface area contributed by atoms with Gasteiger partial charge in [0.1, 0.15) is 5.82 Å². The molecule has 0 fully saturated rings. The number of hydrogen-bond acceptors (Lipinski definition) is 4. The molecule has 106 valence electrons. The zero-order chi connectivity index (χ0) is 15.0. The van der Waals surface area contributed by atoms with Crippen LogP contribution in [0, 0.1) is 5.82 Å². The molecular weight excluding hydrogens is 316 g/mol. The average molecular weight is 324 g/mol. The van der Waals surface area contributed by atoms with E-state index in [1.807, 2.05) is 0 Å². The van der Waals surface area contributed by atoms with Crippen molar-refractivity contribution < 1.29 is 8.91 Å². The van der Waals surface area contributed by atoms with Gasteiger partial charge in [-0.3, -0.25) is 0 Å². The van der Waals surface area contributed by atoms with E-state index in [2.05, 4.69) is 10.1 Å². The summed E-state index contributed by atoms with van der Waals surface area (Å²) in [6.07, 6.45) is 0. The number of benzene rings is 2. The molecule has 0 aliphatic rings. The molecule has 7 heteroatoms. The summed E-state index contributed by atoms with van der Waals surface area (Å²) < 4.78 is 18.6. The highest BCUT2D eigenvalue weighted by Gasteiger charge is 2.15. The van der Waals surface area contributed by atoms with Gasteiger partial charge in [-0.05, 0) is 30.3 Å². The Labute approximate surface area is 129 Å². The molecule has 0 atom stereocenters. The van der Waals surface area contributed by atoms with Crippen molar-refractivity contribution in [3.63, 3.8) is 0 Å². The predicted molar refractivity (Wildman–Crippen MR) is 79.6 cm³/mol. The van der Waals surface area contributed by atoms with Gasteiger partial charge in [0.15, 0.2) is 0 Å². The van der Waals surface area contributed by atoms with Crippen LogP contribution in [0.2, 0.25) is 10.0 Å². The lowest BCUT2D eigenvalue weighted by Gasteiger charge is -2.00. The number of nitrogens with zero attached hydrogens (tertiary/aromatic N) is 2. The first-order chi connectivity index (χ1) is 10.0. The first-order valence-corrected chi connectivity index (χ1v) is 6.65. The standard InChI is InChI=1S/C14H8Cl2FN3O/c15-8-4-7(5-9(16)6-8)13-19-14(21-20-13)10-2-1-3-11(17)12(10)18/h1-6H,18H2. The normalized spacial score (nSPS) is 10.8. The van der Waals surface area contributed by atoms with Crippen molar-refractivity contribution >= 4 is 28.9 Å². The van der Waals surface area contributed by atoms with Crippen LogP contribution in [0.4, 0.5) is 10.1 Å². The smallest absolute Gasteiger partial charge is 0.260 e. The lowest BCUT2D eigenvalue weighted by Crippen LogP contribution is -1.94. The van der Waals surface area contributed by atoms with Gasteiger partial charge in [-0.25, -0.2) is 4.39 Å². The van der Waals surface area contributed by atoms with E-state index in [0.29, 0.717) is 21.2 Å². The molecule has 0 saturated heterocycles. The van der Waals surface area contributed by atoms with Gasteiger partial charge in [-0.15, -0.1) is 0 Å². The van der Waals surface area contributed by atoms with Crippen LogP contribution in [0.5, 0.6) is 0 Å².